The van der Waals surface area contributed by atoms with Crippen LogP contribution >= 0.6 is 0 Å². The molecule has 52 heavy (non-hydrogen) atoms. The Hall–Kier alpha value is -6.65. The van der Waals surface area contributed by atoms with Gasteiger partial charge in [-0.2, -0.15) is 0 Å². The highest BCUT2D eigenvalue weighted by Gasteiger charge is 2.34. The van der Waals surface area contributed by atoms with Gasteiger partial charge in [-0.15, -0.1) is 0 Å². The number of fused-ring (bicyclic) bond motifs is 2. The summed E-state index contributed by atoms with van der Waals surface area (Å²) in [4.78, 5) is 14.8. The molecule has 0 radical (unpaired) electrons. The Balaban J connectivity index is 1.05. The van der Waals surface area contributed by atoms with Crippen molar-refractivity contribution in [3.05, 3.63) is 187 Å². The molecule has 2 heterocycles. The molecular formula is C48H35N3O. The molecule has 248 valence electrons. The van der Waals surface area contributed by atoms with E-state index in [1.54, 1.807) is 0 Å². The van der Waals surface area contributed by atoms with Gasteiger partial charge in [0.05, 0.1) is 0 Å². The molecule has 0 aliphatic carbocycles. The maximum atomic E-state index is 6.33. The molecule has 0 saturated heterocycles. The van der Waals surface area contributed by atoms with Gasteiger partial charge in [-0.1, -0.05) is 153 Å². The molecule has 0 amide bonds. The third-order valence-electron chi connectivity index (χ3n) is 9.98. The van der Waals surface area contributed by atoms with Crippen molar-refractivity contribution < 1.29 is 4.74 Å². The average molecular weight is 670 g/mol. The minimum atomic E-state index is -0.172. The molecule has 7 aromatic carbocycles. The highest BCUT2D eigenvalue weighted by Crippen LogP contribution is 2.48. The monoisotopic (exact) mass is 669 g/mol. The number of hydrogen-bond acceptors (Lipinski definition) is 4. The van der Waals surface area contributed by atoms with Crippen LogP contribution in [0.4, 0.5) is 0 Å². The van der Waals surface area contributed by atoms with Crippen LogP contribution in [0.2, 0.25) is 0 Å². The molecule has 0 saturated carbocycles. The second-order valence-electron chi connectivity index (χ2n) is 13.7. The lowest BCUT2D eigenvalue weighted by atomic mass is 9.75. The van der Waals surface area contributed by atoms with Crippen LogP contribution in [0.5, 0.6) is 11.5 Å². The lowest BCUT2D eigenvalue weighted by molar-refractivity contribution is 0.418. The molecule has 0 unspecified atom stereocenters. The van der Waals surface area contributed by atoms with Crippen molar-refractivity contribution in [2.75, 3.05) is 0 Å². The molecule has 4 heteroatoms. The summed E-state index contributed by atoms with van der Waals surface area (Å²) in [7, 11) is 0. The highest BCUT2D eigenvalue weighted by atomic mass is 16.5. The topological polar surface area (TPSA) is 47.9 Å². The van der Waals surface area contributed by atoms with Gasteiger partial charge in [-0.3, -0.25) is 0 Å². The van der Waals surface area contributed by atoms with Crippen molar-refractivity contribution in [1.29, 1.82) is 0 Å². The first-order valence-electron chi connectivity index (χ1n) is 17.6. The van der Waals surface area contributed by atoms with E-state index in [2.05, 4.69) is 123 Å². The normalized spacial score (nSPS) is 12.7. The molecule has 9 rings (SSSR count). The van der Waals surface area contributed by atoms with Gasteiger partial charge in [0.25, 0.3) is 0 Å². The van der Waals surface area contributed by atoms with Gasteiger partial charge in [-0.25, -0.2) is 15.0 Å². The van der Waals surface area contributed by atoms with E-state index >= 15 is 0 Å². The first-order valence-corrected chi connectivity index (χ1v) is 17.6. The number of rotatable bonds is 6. The molecule has 0 fully saturated rings. The first kappa shape index (κ1) is 31.3. The van der Waals surface area contributed by atoms with E-state index in [4.69, 9.17) is 19.7 Å². The summed E-state index contributed by atoms with van der Waals surface area (Å²) in [6.45, 7) is 4.55. The summed E-state index contributed by atoms with van der Waals surface area (Å²) in [5.74, 6) is 3.79. The van der Waals surface area contributed by atoms with E-state index < -0.39 is 0 Å². The van der Waals surface area contributed by atoms with Gasteiger partial charge < -0.3 is 4.74 Å². The molecule has 1 aliphatic heterocycles. The maximum absolute atomic E-state index is 6.33. The number of aromatic nitrogens is 3. The van der Waals surface area contributed by atoms with Crippen LogP contribution in [-0.2, 0) is 5.41 Å². The lowest BCUT2D eigenvalue weighted by Gasteiger charge is -2.34. The summed E-state index contributed by atoms with van der Waals surface area (Å²) in [5.41, 5.74) is 11.9. The molecule has 1 aromatic heterocycles. The van der Waals surface area contributed by atoms with E-state index in [9.17, 15) is 0 Å². The Morgan fingerprint density at radius 3 is 1.25 bits per heavy atom. The summed E-state index contributed by atoms with van der Waals surface area (Å²) in [5, 5.41) is 0. The van der Waals surface area contributed by atoms with Crippen LogP contribution in [-0.4, -0.2) is 15.0 Å². The standard InChI is InChI=1S/C48H35N3O/c1-48(2)41-24-9-10-25-43(41)52-44-27-26-39(31-42(44)48)37-21-12-19-35(29-37)34-18-11-20-36(28-34)38-22-13-23-40(30-38)47-50-45(32-14-5-3-6-15-32)49-46(51-47)33-16-7-4-8-17-33/h3-31H,1-2H3. The van der Waals surface area contributed by atoms with Crippen molar-refractivity contribution in [2.45, 2.75) is 19.3 Å². The fourth-order valence-electron chi connectivity index (χ4n) is 7.15. The third-order valence-corrected chi connectivity index (χ3v) is 9.98. The first-order chi connectivity index (χ1) is 25.5. The molecule has 0 N–H and O–H groups in total. The smallest absolute Gasteiger partial charge is 0.164 e. The van der Waals surface area contributed by atoms with Crippen LogP contribution in [0.15, 0.2) is 176 Å². The summed E-state index contributed by atoms with van der Waals surface area (Å²) in [6.07, 6.45) is 0. The minimum Gasteiger partial charge on any atom is -0.457 e. The number of benzene rings is 7. The number of nitrogens with zero attached hydrogens (tertiary/aromatic N) is 3. The zero-order valence-electron chi connectivity index (χ0n) is 29.0. The van der Waals surface area contributed by atoms with Gasteiger partial charge in [0.1, 0.15) is 11.5 Å². The van der Waals surface area contributed by atoms with Gasteiger partial charge in [0.2, 0.25) is 0 Å². The fourth-order valence-corrected chi connectivity index (χ4v) is 7.15. The lowest BCUT2D eigenvalue weighted by Crippen LogP contribution is -2.24. The van der Waals surface area contributed by atoms with Gasteiger partial charge in [-0.05, 0) is 69.8 Å². The maximum Gasteiger partial charge on any atom is 0.164 e. The largest absolute Gasteiger partial charge is 0.457 e. The van der Waals surface area contributed by atoms with E-state index in [1.165, 1.54) is 22.3 Å². The van der Waals surface area contributed by atoms with E-state index in [0.29, 0.717) is 17.5 Å². The molecular weight excluding hydrogens is 635 g/mol. The minimum absolute atomic E-state index is 0.172. The van der Waals surface area contributed by atoms with Crippen molar-refractivity contribution in [1.82, 2.24) is 15.0 Å². The van der Waals surface area contributed by atoms with Crippen LogP contribution in [0.25, 0.3) is 67.5 Å². The molecule has 0 atom stereocenters. The molecule has 1 aliphatic rings. The molecule has 0 bridgehead atoms. The van der Waals surface area contributed by atoms with E-state index in [-0.39, 0.29) is 5.41 Å². The van der Waals surface area contributed by atoms with Gasteiger partial charge >= 0.3 is 0 Å². The van der Waals surface area contributed by atoms with Crippen molar-refractivity contribution in [3.8, 4) is 79.0 Å². The van der Waals surface area contributed by atoms with Gasteiger partial charge in [0, 0.05) is 33.2 Å². The molecule has 8 aromatic rings. The summed E-state index contributed by atoms with van der Waals surface area (Å²) >= 11 is 0. The quantitative estimate of drug-likeness (QED) is 0.177. The van der Waals surface area contributed by atoms with Crippen molar-refractivity contribution in [3.63, 3.8) is 0 Å². The predicted octanol–water partition coefficient (Wildman–Crippen LogP) is 12.3. The second-order valence-corrected chi connectivity index (χ2v) is 13.7. The van der Waals surface area contributed by atoms with Crippen LogP contribution in [0.3, 0.4) is 0 Å². The third kappa shape index (κ3) is 5.84. The van der Waals surface area contributed by atoms with Crippen molar-refractivity contribution >= 4 is 0 Å². The van der Waals surface area contributed by atoms with Gasteiger partial charge in [0.15, 0.2) is 17.5 Å². The zero-order chi connectivity index (χ0) is 35.1. The Bertz CT molecular complexity index is 2520. The Morgan fingerprint density at radius 1 is 0.327 bits per heavy atom. The Kier molecular flexibility index (Phi) is 7.78. The zero-order valence-corrected chi connectivity index (χ0v) is 29.0. The summed E-state index contributed by atoms with van der Waals surface area (Å²) < 4.78 is 6.33. The van der Waals surface area contributed by atoms with Crippen molar-refractivity contribution in [2.24, 2.45) is 0 Å². The SMILES string of the molecule is CC1(C)c2ccccc2Oc2ccc(-c3cccc(-c4cccc(-c5cccc(-c6nc(-c7ccccc7)nc(-c7ccccc7)n6)c5)c4)c3)cc21. The Morgan fingerprint density at radius 2 is 0.712 bits per heavy atom. The average Bonchev–Trinajstić information content (AvgIpc) is 3.21. The fraction of sp³-hybridized carbons (Fsp3) is 0.0625. The number of hydrogen-bond donors (Lipinski definition) is 0. The second kappa shape index (κ2) is 12.9. The predicted molar refractivity (Wildman–Crippen MR) is 211 cm³/mol. The molecule has 0 spiro atoms. The van der Waals surface area contributed by atoms with E-state index in [1.807, 2.05) is 66.7 Å². The molecule has 4 nitrogen and oxygen atoms in total. The Labute approximate surface area is 304 Å². The summed E-state index contributed by atoms with van der Waals surface area (Å²) in [6, 6.07) is 61.0. The highest BCUT2D eigenvalue weighted by molar-refractivity contribution is 5.79. The van der Waals surface area contributed by atoms with Crippen LogP contribution in [0, 0.1) is 0 Å². The van der Waals surface area contributed by atoms with Crippen LogP contribution in [0.1, 0.15) is 25.0 Å². The van der Waals surface area contributed by atoms with E-state index in [0.717, 1.165) is 50.4 Å². The number of ether oxygens (including phenoxy) is 1. The number of para-hydroxylation sites is 1. The van der Waals surface area contributed by atoms with Crippen LogP contribution < -0.4 is 4.74 Å².